The number of benzene rings is 2. The van der Waals surface area contributed by atoms with Gasteiger partial charge in [0.2, 0.25) is 5.91 Å². The number of nitrogens with one attached hydrogen (secondary N) is 3. The Morgan fingerprint density at radius 3 is 2.81 bits per heavy atom. The zero-order valence-electron chi connectivity index (χ0n) is 14.3. The van der Waals surface area contributed by atoms with E-state index >= 15 is 0 Å². The summed E-state index contributed by atoms with van der Waals surface area (Å²) in [4.78, 5) is 21.4. The Morgan fingerprint density at radius 2 is 1.85 bits per heavy atom. The summed E-state index contributed by atoms with van der Waals surface area (Å²) in [6.45, 7) is 0. The highest BCUT2D eigenvalue weighted by molar-refractivity contribution is 6.19. The first-order chi connectivity index (χ1) is 13.3. The summed E-state index contributed by atoms with van der Waals surface area (Å²) < 4.78 is 0. The van der Waals surface area contributed by atoms with Crippen LogP contribution in [0.15, 0.2) is 65.9 Å². The molecule has 6 rings (SSSR count). The highest BCUT2D eigenvalue weighted by atomic mass is 16.2. The van der Waals surface area contributed by atoms with Crippen molar-refractivity contribution in [2.75, 3.05) is 5.32 Å². The molecule has 1 unspecified atom stereocenters. The molecule has 0 aliphatic carbocycles. The largest absolute Gasteiger partial charge is 0.360 e. The number of rotatable bonds is 1. The molecule has 4 heterocycles. The van der Waals surface area contributed by atoms with Crippen molar-refractivity contribution >= 4 is 34.0 Å². The van der Waals surface area contributed by atoms with Gasteiger partial charge >= 0.3 is 0 Å². The Kier molecular flexibility index (Phi) is 2.65. The van der Waals surface area contributed by atoms with Crippen LogP contribution in [0.5, 0.6) is 0 Å². The van der Waals surface area contributed by atoms with Gasteiger partial charge in [-0.25, -0.2) is 4.99 Å². The van der Waals surface area contributed by atoms with Gasteiger partial charge in [0.15, 0.2) is 5.82 Å². The van der Waals surface area contributed by atoms with E-state index in [1.807, 2.05) is 48.7 Å². The van der Waals surface area contributed by atoms with Gasteiger partial charge in [0, 0.05) is 40.3 Å². The summed E-state index contributed by atoms with van der Waals surface area (Å²) in [5, 5.41) is 11.3. The van der Waals surface area contributed by atoms with E-state index in [1.165, 1.54) is 0 Å². The highest BCUT2D eigenvalue weighted by Crippen LogP contribution is 2.50. The fraction of sp³-hybridized carbons (Fsp3) is 0.0952. The molecule has 1 atom stereocenters. The van der Waals surface area contributed by atoms with E-state index in [0.29, 0.717) is 12.2 Å². The molecular formula is C21H15N5O. The monoisotopic (exact) mass is 353 g/mol. The summed E-state index contributed by atoms with van der Waals surface area (Å²) in [6, 6.07) is 16.0. The van der Waals surface area contributed by atoms with Crippen molar-refractivity contribution in [2.45, 2.75) is 11.8 Å². The summed E-state index contributed by atoms with van der Waals surface area (Å²) in [5.74, 6) is 0.618. The number of hydrogen-bond donors (Lipinski definition) is 3. The molecule has 2 aromatic heterocycles. The maximum Gasteiger partial charge on any atom is 0.240 e. The van der Waals surface area contributed by atoms with Gasteiger partial charge < -0.3 is 10.3 Å². The van der Waals surface area contributed by atoms with Crippen LogP contribution in [0, 0.1) is 0 Å². The number of aromatic nitrogens is 3. The molecule has 2 aliphatic rings. The van der Waals surface area contributed by atoms with Crippen LogP contribution in [-0.4, -0.2) is 26.8 Å². The predicted octanol–water partition coefficient (Wildman–Crippen LogP) is 3.65. The number of nitrogens with zero attached hydrogens (tertiary/aromatic N) is 2. The maximum absolute atomic E-state index is 13.2. The van der Waals surface area contributed by atoms with E-state index in [9.17, 15) is 4.79 Å². The number of aliphatic imine (C=N–C) groups is 1. The van der Waals surface area contributed by atoms with E-state index in [2.05, 4.69) is 26.6 Å². The van der Waals surface area contributed by atoms with Gasteiger partial charge in [0.05, 0.1) is 11.9 Å². The van der Waals surface area contributed by atoms with Crippen LogP contribution < -0.4 is 5.32 Å². The van der Waals surface area contributed by atoms with Gasteiger partial charge in [-0.05, 0) is 17.7 Å². The first kappa shape index (κ1) is 14.5. The average molecular weight is 353 g/mol. The first-order valence-corrected chi connectivity index (χ1v) is 8.86. The van der Waals surface area contributed by atoms with Crippen molar-refractivity contribution in [3.05, 3.63) is 77.6 Å². The number of amides is 1. The molecule has 1 spiro atoms. The second-order valence-corrected chi connectivity index (χ2v) is 7.02. The third-order valence-electron chi connectivity index (χ3n) is 5.68. The third kappa shape index (κ3) is 1.76. The quantitative estimate of drug-likeness (QED) is 0.488. The normalized spacial score (nSPS) is 20.4. The molecule has 6 heteroatoms. The predicted molar refractivity (Wildman–Crippen MR) is 104 cm³/mol. The number of fused-ring (bicyclic) bond motifs is 5. The van der Waals surface area contributed by atoms with Gasteiger partial charge in [0.1, 0.15) is 5.41 Å². The lowest BCUT2D eigenvalue weighted by atomic mass is 9.70. The average Bonchev–Trinajstić information content (AvgIpc) is 3.39. The van der Waals surface area contributed by atoms with Gasteiger partial charge in [-0.1, -0.05) is 36.4 Å². The fourth-order valence-corrected chi connectivity index (χ4v) is 4.42. The van der Waals surface area contributed by atoms with Crippen LogP contribution in [0.1, 0.15) is 23.1 Å². The minimum Gasteiger partial charge on any atom is -0.360 e. The molecule has 0 bridgehead atoms. The standard InChI is InChI=1S/C21H15N5O/c27-20-21(14-6-2-4-8-17(14)25-20)9-18(24-19-15(21)11-23-26-19)13-10-22-16-7-3-1-5-12(13)16/h1-8,10-11,22H,9H2,(H,23,26)(H,25,27). The topological polar surface area (TPSA) is 85.9 Å². The number of hydrogen-bond acceptors (Lipinski definition) is 3. The van der Waals surface area contributed by atoms with E-state index < -0.39 is 5.41 Å². The molecule has 0 saturated carbocycles. The van der Waals surface area contributed by atoms with Crippen LogP contribution in [0.3, 0.4) is 0 Å². The number of anilines is 1. The molecule has 0 radical (unpaired) electrons. The minimum absolute atomic E-state index is 0.0291. The zero-order valence-corrected chi connectivity index (χ0v) is 14.3. The summed E-state index contributed by atoms with van der Waals surface area (Å²) in [5.41, 5.74) is 4.79. The molecule has 2 aliphatic heterocycles. The Hall–Kier alpha value is -3.67. The Balaban J connectivity index is 1.62. The number of carbonyl (C=O) groups excluding carboxylic acids is 1. The van der Waals surface area contributed by atoms with E-state index in [-0.39, 0.29) is 5.91 Å². The molecular weight excluding hydrogens is 338 g/mol. The molecule has 2 aromatic carbocycles. The van der Waals surface area contributed by atoms with Crippen molar-refractivity contribution in [1.29, 1.82) is 0 Å². The molecule has 27 heavy (non-hydrogen) atoms. The van der Waals surface area contributed by atoms with Crippen molar-refractivity contribution in [1.82, 2.24) is 15.2 Å². The Morgan fingerprint density at radius 1 is 1.00 bits per heavy atom. The van der Waals surface area contributed by atoms with Crippen LogP contribution in [-0.2, 0) is 10.2 Å². The second kappa shape index (κ2) is 4.94. The molecule has 1 amide bonds. The SMILES string of the molecule is O=C1Nc2ccccc2C12CC(c1c[nH]c3ccccc13)=Nc1[nH]ncc12. The van der Waals surface area contributed by atoms with Gasteiger partial charge in [-0.3, -0.25) is 9.89 Å². The van der Waals surface area contributed by atoms with E-state index in [1.54, 1.807) is 6.20 Å². The number of carbonyl (C=O) groups is 1. The van der Waals surface area contributed by atoms with E-state index in [4.69, 9.17) is 4.99 Å². The van der Waals surface area contributed by atoms with Crippen LogP contribution in [0.4, 0.5) is 11.5 Å². The van der Waals surface area contributed by atoms with Crippen LogP contribution >= 0.6 is 0 Å². The molecule has 6 nitrogen and oxygen atoms in total. The lowest BCUT2D eigenvalue weighted by molar-refractivity contribution is -0.119. The van der Waals surface area contributed by atoms with Gasteiger partial charge in [-0.15, -0.1) is 0 Å². The number of aromatic amines is 2. The zero-order chi connectivity index (χ0) is 18.0. The van der Waals surface area contributed by atoms with Gasteiger partial charge in [-0.2, -0.15) is 5.10 Å². The molecule has 0 fully saturated rings. The van der Waals surface area contributed by atoms with Gasteiger partial charge in [0.25, 0.3) is 0 Å². The summed E-state index contributed by atoms with van der Waals surface area (Å²) in [7, 11) is 0. The summed E-state index contributed by atoms with van der Waals surface area (Å²) >= 11 is 0. The van der Waals surface area contributed by atoms with Crippen molar-refractivity contribution < 1.29 is 4.79 Å². The smallest absolute Gasteiger partial charge is 0.240 e. The fourth-order valence-electron chi connectivity index (χ4n) is 4.42. The lowest BCUT2D eigenvalue weighted by Crippen LogP contribution is -2.39. The summed E-state index contributed by atoms with van der Waals surface area (Å²) in [6.07, 6.45) is 4.19. The first-order valence-electron chi connectivity index (χ1n) is 8.86. The third-order valence-corrected chi connectivity index (χ3v) is 5.68. The molecule has 4 aromatic rings. The highest BCUT2D eigenvalue weighted by Gasteiger charge is 2.52. The minimum atomic E-state index is -0.811. The van der Waals surface area contributed by atoms with Crippen molar-refractivity contribution in [3.63, 3.8) is 0 Å². The number of H-pyrrole nitrogens is 2. The van der Waals surface area contributed by atoms with E-state index in [0.717, 1.165) is 39.0 Å². The molecule has 0 saturated heterocycles. The Labute approximate surface area is 154 Å². The number of para-hydroxylation sites is 2. The maximum atomic E-state index is 13.2. The lowest BCUT2D eigenvalue weighted by Gasteiger charge is -2.30. The van der Waals surface area contributed by atoms with Crippen LogP contribution in [0.2, 0.25) is 0 Å². The molecule has 3 N–H and O–H groups in total. The van der Waals surface area contributed by atoms with Crippen molar-refractivity contribution in [2.24, 2.45) is 4.99 Å². The van der Waals surface area contributed by atoms with Crippen molar-refractivity contribution in [3.8, 4) is 0 Å². The Bertz CT molecular complexity index is 1260. The van der Waals surface area contributed by atoms with Crippen LogP contribution in [0.25, 0.3) is 10.9 Å². The second-order valence-electron chi connectivity index (χ2n) is 7.02. The molecule has 130 valence electrons.